The summed E-state index contributed by atoms with van der Waals surface area (Å²) in [6.45, 7) is 4.94. The summed E-state index contributed by atoms with van der Waals surface area (Å²) in [6, 6.07) is 23.7. The van der Waals surface area contributed by atoms with Crippen LogP contribution in [0.3, 0.4) is 0 Å². The number of imidazole rings is 1. The van der Waals surface area contributed by atoms with Gasteiger partial charge in [0.2, 0.25) is 0 Å². The first kappa shape index (κ1) is 18.4. The van der Waals surface area contributed by atoms with Crippen molar-refractivity contribution in [2.75, 3.05) is 31.1 Å². The predicted octanol–water partition coefficient (Wildman–Crippen LogP) is 3.67. The number of anilines is 1. The topological polar surface area (TPSA) is 53.7 Å². The number of aryl methyl sites for hydroxylation is 1. The van der Waals surface area contributed by atoms with Crippen LogP contribution in [0.5, 0.6) is 0 Å². The Morgan fingerprint density at radius 1 is 0.833 bits per heavy atom. The molecule has 6 heteroatoms. The van der Waals surface area contributed by atoms with Gasteiger partial charge in [-0.3, -0.25) is 4.79 Å². The van der Waals surface area contributed by atoms with Crippen LogP contribution in [0.15, 0.2) is 72.8 Å². The van der Waals surface area contributed by atoms with Crippen LogP contribution < -0.4 is 4.90 Å². The average Bonchev–Trinajstić information content (AvgIpc) is 3.16. The van der Waals surface area contributed by atoms with Crippen LogP contribution in [0.2, 0.25) is 0 Å². The smallest absolute Gasteiger partial charge is 0.253 e. The van der Waals surface area contributed by atoms with E-state index in [9.17, 15) is 4.79 Å². The highest BCUT2D eigenvalue weighted by Crippen LogP contribution is 2.24. The van der Waals surface area contributed by atoms with Gasteiger partial charge < -0.3 is 9.80 Å². The second-order valence-electron chi connectivity index (χ2n) is 7.52. The summed E-state index contributed by atoms with van der Waals surface area (Å²) in [5, 5.41) is 4.85. The molecule has 0 N–H and O–H groups in total. The second kappa shape index (κ2) is 7.63. The molecule has 5 rings (SSSR count). The normalized spacial score (nSPS) is 14.3. The van der Waals surface area contributed by atoms with Crippen molar-refractivity contribution in [2.24, 2.45) is 0 Å². The van der Waals surface area contributed by atoms with Gasteiger partial charge >= 0.3 is 0 Å². The summed E-state index contributed by atoms with van der Waals surface area (Å²) >= 11 is 0. The first-order chi connectivity index (χ1) is 14.7. The maximum Gasteiger partial charge on any atom is 0.253 e. The Morgan fingerprint density at radius 3 is 2.20 bits per heavy atom. The number of aromatic nitrogens is 3. The van der Waals surface area contributed by atoms with E-state index in [1.165, 1.54) is 0 Å². The number of carbonyl (C=O) groups is 1. The van der Waals surface area contributed by atoms with Gasteiger partial charge in [-0.25, -0.2) is 9.50 Å². The van der Waals surface area contributed by atoms with E-state index >= 15 is 0 Å². The summed E-state index contributed by atoms with van der Waals surface area (Å²) in [4.78, 5) is 21.6. The molecule has 3 heterocycles. The Labute approximate surface area is 175 Å². The summed E-state index contributed by atoms with van der Waals surface area (Å²) in [5.74, 6) is 1.01. The molecule has 0 radical (unpaired) electrons. The molecule has 0 atom stereocenters. The molecule has 0 spiro atoms. The summed E-state index contributed by atoms with van der Waals surface area (Å²) in [5.41, 5.74) is 4.66. The number of amides is 1. The number of fused-ring (bicyclic) bond motifs is 1. The molecule has 30 heavy (non-hydrogen) atoms. The van der Waals surface area contributed by atoms with Gasteiger partial charge in [0.15, 0.2) is 5.65 Å². The van der Waals surface area contributed by atoms with E-state index in [1.807, 2.05) is 70.1 Å². The molecule has 1 aliphatic heterocycles. The lowest BCUT2D eigenvalue weighted by molar-refractivity contribution is 0.0746. The van der Waals surface area contributed by atoms with E-state index in [-0.39, 0.29) is 5.91 Å². The van der Waals surface area contributed by atoms with Gasteiger partial charge in [-0.15, -0.1) is 5.10 Å². The first-order valence-corrected chi connectivity index (χ1v) is 10.2. The number of piperazine rings is 1. The first-order valence-electron chi connectivity index (χ1n) is 10.2. The molecule has 1 saturated heterocycles. The van der Waals surface area contributed by atoms with Gasteiger partial charge in [-0.2, -0.15) is 0 Å². The Morgan fingerprint density at radius 2 is 1.50 bits per heavy atom. The van der Waals surface area contributed by atoms with Gasteiger partial charge in [0.05, 0.1) is 11.4 Å². The Bertz CT molecular complexity index is 1180. The highest BCUT2D eigenvalue weighted by atomic mass is 16.2. The van der Waals surface area contributed by atoms with Crippen molar-refractivity contribution < 1.29 is 4.79 Å². The van der Waals surface area contributed by atoms with Crippen molar-refractivity contribution in [1.29, 1.82) is 0 Å². The fourth-order valence-electron chi connectivity index (χ4n) is 3.97. The molecular formula is C24H23N5O. The van der Waals surface area contributed by atoms with Crippen LogP contribution in [0, 0.1) is 6.92 Å². The van der Waals surface area contributed by atoms with E-state index in [2.05, 4.69) is 24.0 Å². The molecule has 0 saturated carbocycles. The van der Waals surface area contributed by atoms with E-state index < -0.39 is 0 Å². The Kier molecular flexibility index (Phi) is 4.67. The number of benzene rings is 2. The standard InChI is InChI=1S/C24H23N5O/c1-18-23(19-8-4-2-5-9-19)25-21-12-13-22(26-29(18)21)27-14-16-28(17-15-27)24(30)20-10-6-3-7-11-20/h2-13H,14-17H2,1H3. The lowest BCUT2D eigenvalue weighted by atomic mass is 10.1. The van der Waals surface area contributed by atoms with Gasteiger partial charge in [-0.1, -0.05) is 48.5 Å². The number of hydrogen-bond donors (Lipinski definition) is 0. The lowest BCUT2D eigenvalue weighted by Gasteiger charge is -2.35. The molecule has 2 aromatic heterocycles. The van der Waals surface area contributed by atoms with Gasteiger partial charge in [0.1, 0.15) is 5.82 Å². The molecule has 0 aliphatic carbocycles. The van der Waals surface area contributed by atoms with Crippen LogP contribution in [0.1, 0.15) is 16.1 Å². The van der Waals surface area contributed by atoms with Gasteiger partial charge in [0, 0.05) is 37.3 Å². The van der Waals surface area contributed by atoms with Gasteiger partial charge in [0.25, 0.3) is 5.91 Å². The van der Waals surface area contributed by atoms with Gasteiger partial charge in [-0.05, 0) is 31.2 Å². The van der Waals surface area contributed by atoms with Crippen LogP contribution in [0.25, 0.3) is 16.9 Å². The molecule has 1 amide bonds. The molecule has 6 nitrogen and oxygen atoms in total. The van der Waals surface area contributed by atoms with Crippen LogP contribution >= 0.6 is 0 Å². The predicted molar refractivity (Wildman–Crippen MR) is 118 cm³/mol. The monoisotopic (exact) mass is 397 g/mol. The molecule has 4 aromatic rings. The summed E-state index contributed by atoms with van der Waals surface area (Å²) in [7, 11) is 0. The zero-order valence-corrected chi connectivity index (χ0v) is 16.9. The highest BCUT2D eigenvalue weighted by Gasteiger charge is 2.23. The van der Waals surface area contributed by atoms with Crippen molar-refractivity contribution in [1.82, 2.24) is 19.5 Å². The van der Waals surface area contributed by atoms with E-state index in [1.54, 1.807) is 0 Å². The van der Waals surface area contributed by atoms with Crippen molar-refractivity contribution in [2.45, 2.75) is 6.92 Å². The fraction of sp³-hybridized carbons (Fsp3) is 0.208. The fourth-order valence-corrected chi connectivity index (χ4v) is 3.97. The Hall–Kier alpha value is -3.67. The average molecular weight is 397 g/mol. The van der Waals surface area contributed by atoms with Crippen molar-refractivity contribution in [3.63, 3.8) is 0 Å². The zero-order chi connectivity index (χ0) is 20.5. The van der Waals surface area contributed by atoms with Crippen molar-refractivity contribution in [3.8, 4) is 11.3 Å². The van der Waals surface area contributed by atoms with E-state index in [0.29, 0.717) is 13.1 Å². The van der Waals surface area contributed by atoms with Crippen molar-refractivity contribution >= 4 is 17.4 Å². The molecule has 0 unspecified atom stereocenters. The number of carbonyl (C=O) groups excluding carboxylic acids is 1. The lowest BCUT2D eigenvalue weighted by Crippen LogP contribution is -2.49. The van der Waals surface area contributed by atoms with Crippen LogP contribution in [0.4, 0.5) is 5.82 Å². The third-order valence-electron chi connectivity index (χ3n) is 5.65. The van der Waals surface area contributed by atoms with Crippen LogP contribution in [-0.2, 0) is 0 Å². The molecule has 2 aromatic carbocycles. The minimum atomic E-state index is 0.0941. The third-order valence-corrected chi connectivity index (χ3v) is 5.65. The zero-order valence-electron chi connectivity index (χ0n) is 16.9. The summed E-state index contributed by atoms with van der Waals surface area (Å²) < 4.78 is 1.92. The minimum absolute atomic E-state index is 0.0941. The molecule has 150 valence electrons. The molecule has 0 bridgehead atoms. The quantitative estimate of drug-likeness (QED) is 0.529. The largest absolute Gasteiger partial charge is 0.352 e. The van der Waals surface area contributed by atoms with E-state index in [0.717, 1.165) is 47.1 Å². The second-order valence-corrected chi connectivity index (χ2v) is 7.52. The molecule has 1 fully saturated rings. The SMILES string of the molecule is Cc1c(-c2ccccc2)nc2ccc(N3CCN(C(=O)c4ccccc4)CC3)nn12. The minimum Gasteiger partial charge on any atom is -0.352 e. The maximum absolute atomic E-state index is 12.7. The number of hydrogen-bond acceptors (Lipinski definition) is 4. The Balaban J connectivity index is 1.35. The highest BCUT2D eigenvalue weighted by molar-refractivity contribution is 5.94. The number of nitrogens with zero attached hydrogens (tertiary/aromatic N) is 5. The molecular weight excluding hydrogens is 374 g/mol. The molecule has 1 aliphatic rings. The maximum atomic E-state index is 12.7. The summed E-state index contributed by atoms with van der Waals surface area (Å²) in [6.07, 6.45) is 0. The number of rotatable bonds is 3. The van der Waals surface area contributed by atoms with E-state index in [4.69, 9.17) is 10.1 Å². The van der Waals surface area contributed by atoms with Crippen molar-refractivity contribution in [3.05, 3.63) is 84.1 Å². The van der Waals surface area contributed by atoms with Crippen LogP contribution in [-0.4, -0.2) is 51.6 Å². The third kappa shape index (κ3) is 3.30.